The molecule has 0 bridgehead atoms. The number of benzene rings is 1. The summed E-state index contributed by atoms with van der Waals surface area (Å²) in [6, 6.07) is 8.96. The molecule has 168 valence electrons. The number of carbonyl (C=O) groups excluding carboxylic acids is 1. The van der Waals surface area contributed by atoms with Crippen LogP contribution >= 0.6 is 0 Å². The molecule has 3 N–H and O–H groups in total. The average Bonchev–Trinajstić information content (AvgIpc) is 3.26. The number of nitrogens with one attached hydrogen (secondary N) is 2. The van der Waals surface area contributed by atoms with Gasteiger partial charge in [0.2, 0.25) is 0 Å². The minimum absolute atomic E-state index is 0.00284. The van der Waals surface area contributed by atoms with E-state index in [0.29, 0.717) is 10.9 Å². The summed E-state index contributed by atoms with van der Waals surface area (Å²) in [6.07, 6.45) is 7.59. The van der Waals surface area contributed by atoms with Crippen LogP contribution in [0.25, 0.3) is 22.0 Å². The number of amides is 1. The van der Waals surface area contributed by atoms with E-state index in [1.165, 1.54) is 18.5 Å². The van der Waals surface area contributed by atoms with Crippen molar-refractivity contribution in [3.05, 3.63) is 72.2 Å². The fourth-order valence-electron chi connectivity index (χ4n) is 4.09. The van der Waals surface area contributed by atoms with Crippen LogP contribution in [0.5, 0.6) is 0 Å². The predicted octanol–water partition coefficient (Wildman–Crippen LogP) is 3.37. The quantitative estimate of drug-likeness (QED) is 0.434. The number of piperidine rings is 1. The standard InChI is InChI=1S/C24H23FN6O2/c25-20-3-6-26-13-22(20)28-24(33)23-19-10-16(1-2-21(19)29-30-23)17-9-15(11-27-12-17)14-31-7-4-18(32)5-8-31/h1-3,6,9-13,18,32H,4-5,7-8,14H2,(H,28,33)(H,29,30). The van der Waals surface area contributed by atoms with E-state index in [1.807, 2.05) is 24.4 Å². The van der Waals surface area contributed by atoms with Gasteiger partial charge in [-0.2, -0.15) is 5.10 Å². The van der Waals surface area contributed by atoms with Gasteiger partial charge in [0.05, 0.1) is 23.5 Å². The maximum absolute atomic E-state index is 13.9. The molecule has 0 saturated carbocycles. The molecule has 1 aliphatic rings. The summed E-state index contributed by atoms with van der Waals surface area (Å²) in [5.41, 5.74) is 3.78. The smallest absolute Gasteiger partial charge is 0.276 e. The molecule has 3 aromatic heterocycles. The maximum atomic E-state index is 13.9. The zero-order valence-electron chi connectivity index (χ0n) is 17.8. The van der Waals surface area contributed by atoms with Crippen LogP contribution in [0.15, 0.2) is 55.1 Å². The molecule has 1 aromatic carbocycles. The number of aliphatic hydroxyl groups excluding tert-OH is 1. The zero-order chi connectivity index (χ0) is 22.8. The zero-order valence-corrected chi connectivity index (χ0v) is 17.8. The van der Waals surface area contributed by atoms with Crippen molar-refractivity contribution in [1.29, 1.82) is 0 Å². The number of halogens is 1. The minimum atomic E-state index is -0.565. The number of rotatable bonds is 5. The van der Waals surface area contributed by atoms with Crippen LogP contribution in [0, 0.1) is 5.82 Å². The molecule has 8 nitrogen and oxygen atoms in total. The van der Waals surface area contributed by atoms with Gasteiger partial charge in [-0.05, 0) is 48.2 Å². The SMILES string of the molecule is O=C(Nc1cnccc1F)c1n[nH]c2ccc(-c3cncc(CN4CCC(O)CC4)c3)cc12. The number of hydrogen-bond donors (Lipinski definition) is 3. The lowest BCUT2D eigenvalue weighted by Crippen LogP contribution is -2.35. The molecule has 33 heavy (non-hydrogen) atoms. The number of aliphatic hydroxyl groups is 1. The van der Waals surface area contributed by atoms with Crippen LogP contribution in [-0.2, 0) is 6.54 Å². The lowest BCUT2D eigenvalue weighted by atomic mass is 10.0. The monoisotopic (exact) mass is 446 g/mol. The number of hydrogen-bond acceptors (Lipinski definition) is 6. The normalized spacial score (nSPS) is 15.1. The number of fused-ring (bicyclic) bond motifs is 1. The van der Waals surface area contributed by atoms with E-state index < -0.39 is 11.7 Å². The molecule has 1 aliphatic heterocycles. The Hall–Kier alpha value is -3.69. The molecule has 0 spiro atoms. The van der Waals surface area contributed by atoms with Crippen LogP contribution in [0.1, 0.15) is 28.9 Å². The van der Waals surface area contributed by atoms with Gasteiger partial charge < -0.3 is 10.4 Å². The van der Waals surface area contributed by atoms with Gasteiger partial charge in [0.1, 0.15) is 5.82 Å². The second-order valence-corrected chi connectivity index (χ2v) is 8.23. The molecule has 4 heterocycles. The van der Waals surface area contributed by atoms with Crippen molar-refractivity contribution in [2.45, 2.75) is 25.5 Å². The van der Waals surface area contributed by atoms with E-state index >= 15 is 0 Å². The highest BCUT2D eigenvalue weighted by Crippen LogP contribution is 2.27. The highest BCUT2D eigenvalue weighted by atomic mass is 19.1. The number of likely N-dealkylation sites (tertiary alicyclic amines) is 1. The summed E-state index contributed by atoms with van der Waals surface area (Å²) in [5.74, 6) is -1.09. The topological polar surface area (TPSA) is 107 Å². The lowest BCUT2D eigenvalue weighted by Gasteiger charge is -2.29. The highest BCUT2D eigenvalue weighted by Gasteiger charge is 2.18. The summed E-state index contributed by atoms with van der Waals surface area (Å²) in [4.78, 5) is 23.3. The Labute approximate surface area is 189 Å². The molecule has 1 amide bonds. The lowest BCUT2D eigenvalue weighted by molar-refractivity contribution is 0.0792. The van der Waals surface area contributed by atoms with Gasteiger partial charge in [-0.15, -0.1) is 0 Å². The fourth-order valence-corrected chi connectivity index (χ4v) is 4.09. The van der Waals surface area contributed by atoms with Crippen molar-refractivity contribution < 1.29 is 14.3 Å². The van der Waals surface area contributed by atoms with E-state index in [9.17, 15) is 14.3 Å². The number of pyridine rings is 2. The van der Waals surface area contributed by atoms with Crippen molar-refractivity contribution in [2.75, 3.05) is 18.4 Å². The Morgan fingerprint density at radius 3 is 2.79 bits per heavy atom. The summed E-state index contributed by atoms with van der Waals surface area (Å²) in [5, 5.41) is 19.9. The molecule has 0 radical (unpaired) electrons. The maximum Gasteiger partial charge on any atom is 0.276 e. The molecule has 9 heteroatoms. The molecule has 0 aliphatic carbocycles. The van der Waals surface area contributed by atoms with Crippen LogP contribution in [0.3, 0.4) is 0 Å². The Morgan fingerprint density at radius 2 is 1.97 bits per heavy atom. The van der Waals surface area contributed by atoms with Crippen LogP contribution < -0.4 is 5.32 Å². The Morgan fingerprint density at radius 1 is 1.12 bits per heavy atom. The first-order valence-electron chi connectivity index (χ1n) is 10.8. The molecule has 5 rings (SSSR count). The van der Waals surface area contributed by atoms with Crippen molar-refractivity contribution >= 4 is 22.5 Å². The summed E-state index contributed by atoms with van der Waals surface area (Å²) >= 11 is 0. The number of anilines is 1. The van der Waals surface area contributed by atoms with Crippen molar-refractivity contribution in [2.24, 2.45) is 0 Å². The van der Waals surface area contributed by atoms with E-state index in [4.69, 9.17) is 0 Å². The summed E-state index contributed by atoms with van der Waals surface area (Å²) < 4.78 is 13.9. The third-order valence-electron chi connectivity index (χ3n) is 5.89. The first-order chi connectivity index (χ1) is 16.1. The number of nitrogens with zero attached hydrogens (tertiary/aromatic N) is 4. The predicted molar refractivity (Wildman–Crippen MR) is 122 cm³/mol. The Balaban J connectivity index is 1.39. The fraction of sp³-hybridized carbons (Fsp3) is 0.250. The van der Waals surface area contributed by atoms with Crippen molar-refractivity contribution in [3.63, 3.8) is 0 Å². The largest absolute Gasteiger partial charge is 0.393 e. The molecule has 0 atom stereocenters. The molecular weight excluding hydrogens is 423 g/mol. The molecule has 4 aromatic rings. The van der Waals surface area contributed by atoms with Crippen molar-refractivity contribution in [1.82, 2.24) is 25.1 Å². The van der Waals surface area contributed by atoms with Gasteiger partial charge >= 0.3 is 0 Å². The Kier molecular flexibility index (Phi) is 5.80. The van der Waals surface area contributed by atoms with Crippen molar-refractivity contribution in [3.8, 4) is 11.1 Å². The van der Waals surface area contributed by atoms with Gasteiger partial charge in [0.25, 0.3) is 5.91 Å². The van der Waals surface area contributed by atoms with Crippen LogP contribution in [-0.4, -0.2) is 55.3 Å². The number of H-pyrrole nitrogens is 1. The second-order valence-electron chi connectivity index (χ2n) is 8.23. The summed E-state index contributed by atoms with van der Waals surface area (Å²) in [6.45, 7) is 2.50. The first kappa shape index (κ1) is 21.2. The first-order valence-corrected chi connectivity index (χ1v) is 10.8. The van der Waals surface area contributed by atoms with Gasteiger partial charge in [0.15, 0.2) is 5.69 Å². The van der Waals surface area contributed by atoms with Gasteiger partial charge in [0, 0.05) is 49.2 Å². The molecular formula is C24H23FN6O2. The van der Waals surface area contributed by atoms with Crippen LogP contribution in [0.2, 0.25) is 0 Å². The van der Waals surface area contributed by atoms with E-state index in [0.717, 1.165) is 49.2 Å². The average molecular weight is 446 g/mol. The Bertz CT molecular complexity index is 1300. The number of aromatic nitrogens is 4. The minimum Gasteiger partial charge on any atom is -0.393 e. The van der Waals surface area contributed by atoms with E-state index in [1.54, 1.807) is 6.20 Å². The van der Waals surface area contributed by atoms with Crippen LogP contribution in [0.4, 0.5) is 10.1 Å². The second kappa shape index (κ2) is 9.05. The van der Waals surface area contributed by atoms with Gasteiger partial charge in [-0.25, -0.2) is 4.39 Å². The molecule has 1 fully saturated rings. The number of carbonyl (C=O) groups is 1. The third kappa shape index (κ3) is 4.59. The number of aromatic amines is 1. The molecule has 0 unspecified atom stereocenters. The van der Waals surface area contributed by atoms with E-state index in [2.05, 4.69) is 36.4 Å². The van der Waals surface area contributed by atoms with E-state index in [-0.39, 0.29) is 17.5 Å². The van der Waals surface area contributed by atoms with Gasteiger partial charge in [-0.3, -0.25) is 24.8 Å². The highest BCUT2D eigenvalue weighted by molar-refractivity contribution is 6.11. The third-order valence-corrected chi connectivity index (χ3v) is 5.89. The molecule has 1 saturated heterocycles. The summed E-state index contributed by atoms with van der Waals surface area (Å²) in [7, 11) is 0. The van der Waals surface area contributed by atoms with Gasteiger partial charge in [-0.1, -0.05) is 6.07 Å².